The molecule has 0 fully saturated rings. The van der Waals surface area contributed by atoms with Crippen molar-refractivity contribution in [2.24, 2.45) is 5.73 Å². The maximum absolute atomic E-state index is 11.3. The lowest BCUT2D eigenvalue weighted by molar-refractivity contribution is 0.311. The fourth-order valence-electron chi connectivity index (χ4n) is 1.36. The molecule has 7 heteroatoms. The van der Waals surface area contributed by atoms with Gasteiger partial charge in [0, 0.05) is 11.3 Å². The van der Waals surface area contributed by atoms with Crippen molar-refractivity contribution in [2.45, 2.75) is 6.92 Å². The topological polar surface area (TPSA) is 78.6 Å². The molecule has 0 aromatic heterocycles. The first-order chi connectivity index (χ1) is 8.89. The van der Waals surface area contributed by atoms with E-state index in [9.17, 15) is 8.42 Å². The predicted octanol–water partition coefficient (Wildman–Crippen LogP) is 1.14. The van der Waals surface area contributed by atoms with Crippen molar-refractivity contribution in [1.29, 1.82) is 0 Å². The second-order valence-electron chi connectivity index (χ2n) is 3.81. The van der Waals surface area contributed by atoms with Gasteiger partial charge in [0.05, 0.1) is 12.9 Å². The van der Waals surface area contributed by atoms with Gasteiger partial charge >= 0.3 is 0 Å². The molecule has 0 saturated heterocycles. The van der Waals surface area contributed by atoms with Gasteiger partial charge in [-0.2, -0.15) is 0 Å². The van der Waals surface area contributed by atoms with Crippen molar-refractivity contribution < 1.29 is 17.9 Å². The van der Waals surface area contributed by atoms with Gasteiger partial charge in [-0.1, -0.05) is 19.1 Å². The van der Waals surface area contributed by atoms with Gasteiger partial charge in [0.2, 0.25) is 0 Å². The lowest BCUT2D eigenvalue weighted by atomic mass is 10.2. The molecule has 0 aliphatic carbocycles. The molecule has 106 valence electrons. The second-order valence-corrected chi connectivity index (χ2v) is 6.73. The number of ether oxygens (including phenoxy) is 2. The third-order valence-corrected chi connectivity index (χ3v) is 4.44. The van der Waals surface area contributed by atoms with Gasteiger partial charge in [-0.15, -0.1) is 0 Å². The standard InChI is InChI=1S/C12H17NO4S2/c1-3-19(14,15)7-6-17-10-5-4-9(12(13)18)8-11(10)16-2/h4-5,8H,3,6-7H2,1-2H3,(H2,13,18). The molecule has 0 spiro atoms. The first-order valence-electron chi connectivity index (χ1n) is 5.70. The van der Waals surface area contributed by atoms with Crippen LogP contribution in [0.3, 0.4) is 0 Å². The quantitative estimate of drug-likeness (QED) is 0.761. The van der Waals surface area contributed by atoms with Crippen LogP contribution < -0.4 is 15.2 Å². The van der Waals surface area contributed by atoms with E-state index in [0.717, 1.165) is 0 Å². The SMILES string of the molecule is CCS(=O)(=O)CCOc1ccc(C(N)=S)cc1OC. The Morgan fingerprint density at radius 3 is 2.58 bits per heavy atom. The van der Waals surface area contributed by atoms with Gasteiger partial charge in [0.15, 0.2) is 21.3 Å². The summed E-state index contributed by atoms with van der Waals surface area (Å²) in [6.45, 7) is 1.69. The third kappa shape index (κ3) is 4.68. The van der Waals surface area contributed by atoms with Gasteiger partial charge < -0.3 is 15.2 Å². The molecule has 1 aromatic rings. The largest absolute Gasteiger partial charge is 0.493 e. The van der Waals surface area contributed by atoms with Crippen LogP contribution in [-0.2, 0) is 9.84 Å². The van der Waals surface area contributed by atoms with E-state index in [1.807, 2.05) is 0 Å². The highest BCUT2D eigenvalue weighted by Crippen LogP contribution is 2.28. The minimum absolute atomic E-state index is 0.0241. The molecule has 0 radical (unpaired) electrons. The van der Waals surface area contributed by atoms with Crippen LogP contribution in [0.15, 0.2) is 18.2 Å². The maximum Gasteiger partial charge on any atom is 0.161 e. The Kier molecular flexibility index (Phi) is 5.56. The van der Waals surface area contributed by atoms with E-state index in [1.54, 1.807) is 25.1 Å². The summed E-state index contributed by atoms with van der Waals surface area (Å²) < 4.78 is 33.3. The highest BCUT2D eigenvalue weighted by Gasteiger charge is 2.10. The summed E-state index contributed by atoms with van der Waals surface area (Å²) in [5.74, 6) is 1.02. The van der Waals surface area contributed by atoms with E-state index in [4.69, 9.17) is 27.4 Å². The van der Waals surface area contributed by atoms with Crippen LogP contribution in [-0.4, -0.2) is 38.6 Å². The summed E-state index contributed by atoms with van der Waals surface area (Å²) >= 11 is 4.87. The summed E-state index contributed by atoms with van der Waals surface area (Å²) in [4.78, 5) is 0.262. The van der Waals surface area contributed by atoms with Crippen LogP contribution in [0, 0.1) is 0 Å². The predicted molar refractivity (Wildman–Crippen MR) is 78.7 cm³/mol. The van der Waals surface area contributed by atoms with E-state index in [-0.39, 0.29) is 23.1 Å². The van der Waals surface area contributed by atoms with E-state index in [2.05, 4.69) is 0 Å². The molecule has 5 nitrogen and oxygen atoms in total. The number of rotatable bonds is 7. The minimum Gasteiger partial charge on any atom is -0.493 e. The van der Waals surface area contributed by atoms with Crippen LogP contribution in [0.1, 0.15) is 12.5 Å². The van der Waals surface area contributed by atoms with Crippen molar-refractivity contribution in [3.05, 3.63) is 23.8 Å². The lowest BCUT2D eigenvalue weighted by Gasteiger charge is -2.11. The smallest absolute Gasteiger partial charge is 0.161 e. The first kappa shape index (κ1) is 15.7. The third-order valence-electron chi connectivity index (χ3n) is 2.54. The molecule has 0 aliphatic heterocycles. The van der Waals surface area contributed by atoms with Gasteiger partial charge in [0.1, 0.15) is 11.6 Å². The molecule has 1 aromatic carbocycles. The van der Waals surface area contributed by atoms with E-state index < -0.39 is 9.84 Å². The highest BCUT2D eigenvalue weighted by molar-refractivity contribution is 7.91. The molecule has 0 unspecified atom stereocenters. The Morgan fingerprint density at radius 2 is 2.05 bits per heavy atom. The van der Waals surface area contributed by atoms with Gasteiger partial charge in [-0.3, -0.25) is 0 Å². The fourth-order valence-corrected chi connectivity index (χ4v) is 2.12. The maximum atomic E-state index is 11.3. The second kappa shape index (κ2) is 6.72. The zero-order valence-corrected chi connectivity index (χ0v) is 12.5. The molecular formula is C12H17NO4S2. The monoisotopic (exact) mass is 303 g/mol. The summed E-state index contributed by atoms with van der Waals surface area (Å²) in [6.07, 6.45) is 0. The first-order valence-corrected chi connectivity index (χ1v) is 7.93. The van der Waals surface area contributed by atoms with Crippen LogP contribution in [0.4, 0.5) is 0 Å². The number of sulfone groups is 1. The lowest BCUT2D eigenvalue weighted by Crippen LogP contribution is -2.16. The Morgan fingerprint density at radius 1 is 1.37 bits per heavy atom. The van der Waals surface area contributed by atoms with Crippen LogP contribution >= 0.6 is 12.2 Å². The van der Waals surface area contributed by atoms with Gasteiger partial charge in [-0.25, -0.2) is 8.42 Å². The van der Waals surface area contributed by atoms with E-state index >= 15 is 0 Å². The van der Waals surface area contributed by atoms with Crippen molar-refractivity contribution in [3.63, 3.8) is 0 Å². The summed E-state index contributed by atoms with van der Waals surface area (Å²) in [5.41, 5.74) is 6.19. The molecule has 1 rings (SSSR count). The normalized spacial score (nSPS) is 11.1. The van der Waals surface area contributed by atoms with Crippen molar-refractivity contribution in [2.75, 3.05) is 25.2 Å². The van der Waals surface area contributed by atoms with Crippen LogP contribution in [0.5, 0.6) is 11.5 Å². The highest BCUT2D eigenvalue weighted by atomic mass is 32.2. The minimum atomic E-state index is -3.04. The summed E-state index contributed by atoms with van der Waals surface area (Å²) in [5, 5.41) is 0. The number of hydrogen-bond acceptors (Lipinski definition) is 5. The Labute approximate surface area is 118 Å². The number of benzene rings is 1. The van der Waals surface area contributed by atoms with E-state index in [1.165, 1.54) is 7.11 Å². The van der Waals surface area contributed by atoms with Gasteiger partial charge in [0.25, 0.3) is 0 Å². The molecule has 0 saturated carbocycles. The number of thiocarbonyl (C=S) groups is 1. The average Bonchev–Trinajstić information content (AvgIpc) is 2.38. The Balaban J connectivity index is 2.76. The average molecular weight is 303 g/mol. The Bertz CT molecular complexity index is 555. The fraction of sp³-hybridized carbons (Fsp3) is 0.417. The summed E-state index contributed by atoms with van der Waals surface area (Å²) in [6, 6.07) is 5.02. The molecule has 0 atom stereocenters. The molecule has 0 amide bonds. The van der Waals surface area contributed by atoms with E-state index in [0.29, 0.717) is 17.1 Å². The van der Waals surface area contributed by atoms with Crippen LogP contribution in [0.25, 0.3) is 0 Å². The van der Waals surface area contributed by atoms with Crippen molar-refractivity contribution in [3.8, 4) is 11.5 Å². The molecule has 0 bridgehead atoms. The number of methoxy groups -OCH3 is 1. The molecule has 0 heterocycles. The molecular weight excluding hydrogens is 286 g/mol. The molecule has 2 N–H and O–H groups in total. The molecule has 0 aliphatic rings. The number of hydrogen-bond donors (Lipinski definition) is 1. The number of nitrogens with two attached hydrogens (primary N) is 1. The van der Waals surface area contributed by atoms with Crippen molar-refractivity contribution >= 4 is 27.0 Å². The van der Waals surface area contributed by atoms with Crippen LogP contribution in [0.2, 0.25) is 0 Å². The molecule has 19 heavy (non-hydrogen) atoms. The zero-order chi connectivity index (χ0) is 14.5. The Hall–Kier alpha value is -1.34. The summed E-state index contributed by atoms with van der Waals surface area (Å²) in [7, 11) is -1.54. The zero-order valence-electron chi connectivity index (χ0n) is 10.9. The van der Waals surface area contributed by atoms with Crippen molar-refractivity contribution in [1.82, 2.24) is 0 Å². The van der Waals surface area contributed by atoms with Gasteiger partial charge in [-0.05, 0) is 18.2 Å².